The Morgan fingerprint density at radius 1 is 0.943 bits per heavy atom. The average molecular weight is 491 g/mol. The third kappa shape index (κ3) is 5.82. The van der Waals surface area contributed by atoms with E-state index < -0.39 is 10.0 Å². The molecule has 1 aromatic heterocycles. The van der Waals surface area contributed by atoms with Gasteiger partial charge in [0, 0.05) is 18.2 Å². The van der Waals surface area contributed by atoms with Gasteiger partial charge in [0.25, 0.3) is 11.5 Å². The van der Waals surface area contributed by atoms with Crippen LogP contribution >= 0.6 is 0 Å². The average Bonchev–Trinajstić information content (AvgIpc) is 2.83. The molecule has 0 radical (unpaired) electrons. The number of H-pyrrole nitrogens is 1. The Morgan fingerprint density at radius 3 is 2.29 bits per heavy atom. The lowest BCUT2D eigenvalue weighted by molar-refractivity contribution is 0.0725. The summed E-state index contributed by atoms with van der Waals surface area (Å²) in [5.41, 5.74) is 1.51. The Kier molecular flexibility index (Phi) is 7.09. The second kappa shape index (κ2) is 10.2. The van der Waals surface area contributed by atoms with Gasteiger partial charge in [-0.15, -0.1) is 0 Å². The molecular formula is C26H26N4O4S. The fourth-order valence-corrected chi connectivity index (χ4v) is 4.98. The molecule has 2 N–H and O–H groups in total. The number of nitrogens with one attached hydrogen (secondary N) is 2. The summed E-state index contributed by atoms with van der Waals surface area (Å²) in [6, 6.07) is 22.0. The molecule has 3 aromatic carbocycles. The summed E-state index contributed by atoms with van der Waals surface area (Å²) in [7, 11) is -3.67. The van der Waals surface area contributed by atoms with Gasteiger partial charge < -0.3 is 9.88 Å². The van der Waals surface area contributed by atoms with Gasteiger partial charge in [0.2, 0.25) is 10.0 Å². The van der Waals surface area contributed by atoms with Crippen LogP contribution in [-0.2, 0) is 23.1 Å². The maximum atomic E-state index is 13.5. The van der Waals surface area contributed by atoms with Crippen molar-refractivity contribution in [3.63, 3.8) is 0 Å². The Labute approximate surface area is 203 Å². The van der Waals surface area contributed by atoms with E-state index in [9.17, 15) is 18.0 Å². The number of nitrogens with zero attached hydrogens (tertiary/aromatic N) is 2. The van der Waals surface area contributed by atoms with Crippen molar-refractivity contribution >= 4 is 26.8 Å². The van der Waals surface area contributed by atoms with Gasteiger partial charge in [0.15, 0.2) is 0 Å². The molecule has 8 nitrogen and oxygen atoms in total. The lowest BCUT2D eigenvalue weighted by Gasteiger charge is -2.23. The molecule has 0 unspecified atom stereocenters. The molecule has 9 heteroatoms. The number of aromatic nitrogens is 2. The number of fused-ring (bicyclic) bond motifs is 1. The number of carbonyl (C=O) groups excluding carboxylic acids is 1. The number of hydrogen-bond donors (Lipinski definition) is 2. The second-order valence-corrected chi connectivity index (χ2v) is 10.2. The van der Waals surface area contributed by atoms with Crippen molar-refractivity contribution in [1.82, 2.24) is 19.6 Å². The van der Waals surface area contributed by atoms with E-state index in [-0.39, 0.29) is 35.5 Å². The number of aromatic amines is 1. The molecule has 4 aromatic rings. The van der Waals surface area contributed by atoms with Gasteiger partial charge in [-0.2, -0.15) is 0 Å². The van der Waals surface area contributed by atoms with Crippen LogP contribution in [0.15, 0.2) is 88.6 Å². The molecule has 1 amide bonds. The highest BCUT2D eigenvalue weighted by atomic mass is 32.2. The first-order chi connectivity index (χ1) is 16.7. The monoisotopic (exact) mass is 490 g/mol. The van der Waals surface area contributed by atoms with Crippen molar-refractivity contribution in [2.24, 2.45) is 0 Å². The van der Waals surface area contributed by atoms with Gasteiger partial charge in [0.05, 0.1) is 22.3 Å². The molecule has 4 rings (SSSR count). The minimum absolute atomic E-state index is 0.0722. The van der Waals surface area contributed by atoms with Gasteiger partial charge in [0.1, 0.15) is 5.82 Å². The first kappa shape index (κ1) is 24.3. The largest absolute Gasteiger partial charge is 0.327 e. The molecule has 0 bridgehead atoms. The lowest BCUT2D eigenvalue weighted by atomic mass is 10.1. The summed E-state index contributed by atoms with van der Waals surface area (Å²) < 4.78 is 27.4. The van der Waals surface area contributed by atoms with Crippen LogP contribution in [-0.4, -0.2) is 35.2 Å². The zero-order valence-corrected chi connectivity index (χ0v) is 20.2. The number of hydrogen-bond acceptors (Lipinski definition) is 5. The van der Waals surface area contributed by atoms with Crippen LogP contribution in [0.4, 0.5) is 0 Å². The summed E-state index contributed by atoms with van der Waals surface area (Å²) in [6.07, 6.45) is 0. The van der Waals surface area contributed by atoms with Crippen molar-refractivity contribution in [2.45, 2.75) is 37.9 Å². The highest BCUT2D eigenvalue weighted by Gasteiger charge is 2.20. The molecule has 0 aliphatic rings. The Balaban J connectivity index is 1.65. The van der Waals surface area contributed by atoms with Crippen molar-refractivity contribution in [3.8, 4) is 0 Å². The highest BCUT2D eigenvalue weighted by Crippen LogP contribution is 2.17. The van der Waals surface area contributed by atoms with Gasteiger partial charge in [-0.05, 0) is 55.8 Å². The topological polar surface area (TPSA) is 112 Å². The highest BCUT2D eigenvalue weighted by molar-refractivity contribution is 7.89. The van der Waals surface area contributed by atoms with E-state index in [1.807, 2.05) is 30.3 Å². The van der Waals surface area contributed by atoms with Crippen molar-refractivity contribution in [3.05, 3.63) is 106 Å². The second-order valence-electron chi connectivity index (χ2n) is 8.48. The number of para-hydroxylation sites is 1. The van der Waals surface area contributed by atoms with Crippen molar-refractivity contribution in [2.75, 3.05) is 0 Å². The number of carbonyl (C=O) groups is 1. The van der Waals surface area contributed by atoms with Gasteiger partial charge >= 0.3 is 0 Å². The van der Waals surface area contributed by atoms with Crippen LogP contribution < -0.4 is 10.3 Å². The van der Waals surface area contributed by atoms with Crippen molar-refractivity contribution in [1.29, 1.82) is 0 Å². The summed E-state index contributed by atoms with van der Waals surface area (Å²) in [5.74, 6) is 0.0451. The fraction of sp³-hybridized carbons (Fsp3) is 0.192. The molecule has 0 fully saturated rings. The van der Waals surface area contributed by atoms with Crippen LogP contribution in [0.1, 0.15) is 35.6 Å². The summed E-state index contributed by atoms with van der Waals surface area (Å²) >= 11 is 0. The first-order valence-electron chi connectivity index (χ1n) is 11.2. The van der Waals surface area contributed by atoms with Crippen molar-refractivity contribution < 1.29 is 13.2 Å². The van der Waals surface area contributed by atoms with E-state index in [4.69, 9.17) is 0 Å². The molecule has 0 saturated carbocycles. The molecule has 0 saturated heterocycles. The summed E-state index contributed by atoms with van der Waals surface area (Å²) in [5, 5.41) is 0.476. The molecule has 1 heterocycles. The van der Waals surface area contributed by atoms with Crippen LogP contribution in [0.3, 0.4) is 0 Å². The fourth-order valence-electron chi connectivity index (χ4n) is 3.73. The number of rotatable bonds is 8. The van der Waals surface area contributed by atoms with Gasteiger partial charge in [-0.1, -0.05) is 42.5 Å². The smallest absolute Gasteiger partial charge is 0.258 e. The number of benzene rings is 3. The standard InChI is InChI=1S/C26H26N4O4S/c1-18(2)29-35(33,34)21-14-12-20(13-15-21)26(32)30(16-19-8-4-3-5-9-19)17-24-27-23-11-7-6-10-22(23)25(31)28-24/h3-15,18,29H,16-17H2,1-2H3,(H,27,28,31). The molecule has 35 heavy (non-hydrogen) atoms. The normalized spacial score (nSPS) is 11.6. The van der Waals surface area contributed by atoms with Crippen LogP contribution in [0.2, 0.25) is 0 Å². The lowest BCUT2D eigenvalue weighted by Crippen LogP contribution is -2.32. The minimum Gasteiger partial charge on any atom is -0.327 e. The van der Waals surface area contributed by atoms with Gasteiger partial charge in [-0.25, -0.2) is 18.1 Å². The summed E-state index contributed by atoms with van der Waals surface area (Å²) in [4.78, 5) is 35.0. The molecular weight excluding hydrogens is 464 g/mol. The maximum Gasteiger partial charge on any atom is 0.258 e. The zero-order chi connectivity index (χ0) is 25.0. The maximum absolute atomic E-state index is 13.5. The molecule has 0 atom stereocenters. The first-order valence-corrected chi connectivity index (χ1v) is 12.6. The molecule has 0 aliphatic carbocycles. The van der Waals surface area contributed by atoms with E-state index in [0.29, 0.717) is 22.3 Å². The van der Waals surface area contributed by atoms with E-state index in [1.165, 1.54) is 24.3 Å². The van der Waals surface area contributed by atoms with E-state index in [1.54, 1.807) is 43.0 Å². The van der Waals surface area contributed by atoms with E-state index in [0.717, 1.165) is 5.56 Å². The third-order valence-electron chi connectivity index (χ3n) is 5.31. The third-order valence-corrected chi connectivity index (χ3v) is 6.98. The quantitative estimate of drug-likeness (QED) is 0.393. The molecule has 180 valence electrons. The van der Waals surface area contributed by atoms with Crippen LogP contribution in [0, 0.1) is 0 Å². The number of sulfonamides is 1. The van der Waals surface area contributed by atoms with E-state index in [2.05, 4.69) is 14.7 Å². The molecule has 0 spiro atoms. The summed E-state index contributed by atoms with van der Waals surface area (Å²) in [6.45, 7) is 3.83. The van der Waals surface area contributed by atoms with Crippen LogP contribution in [0.5, 0.6) is 0 Å². The van der Waals surface area contributed by atoms with E-state index >= 15 is 0 Å². The Bertz CT molecular complexity index is 1500. The predicted octanol–water partition coefficient (Wildman–Crippen LogP) is 3.45. The predicted molar refractivity (Wildman–Crippen MR) is 134 cm³/mol. The SMILES string of the molecule is CC(C)NS(=O)(=O)c1ccc(C(=O)N(Cc2ccccc2)Cc2nc3ccccc3c(=O)[nH]2)cc1. The molecule has 0 aliphatic heterocycles. The Morgan fingerprint density at radius 2 is 1.60 bits per heavy atom. The zero-order valence-electron chi connectivity index (χ0n) is 19.4. The van der Waals surface area contributed by atoms with Crippen LogP contribution in [0.25, 0.3) is 10.9 Å². The Hall–Kier alpha value is -3.82. The number of amides is 1. The minimum atomic E-state index is -3.67. The van der Waals surface area contributed by atoms with Gasteiger partial charge in [-0.3, -0.25) is 9.59 Å².